The number of ether oxygens (including phenoxy) is 1. The van der Waals surface area contributed by atoms with Crippen LogP contribution in [-0.4, -0.2) is 12.2 Å². The molecule has 1 aliphatic heterocycles. The molecular weight excluding hydrogens is 208 g/mol. The lowest BCUT2D eigenvalue weighted by Gasteiger charge is -2.28. The van der Waals surface area contributed by atoms with Gasteiger partial charge in [-0.05, 0) is 33.1 Å². The van der Waals surface area contributed by atoms with Gasteiger partial charge in [-0.15, -0.1) is 0 Å². The van der Waals surface area contributed by atoms with Gasteiger partial charge in [-0.25, -0.2) is 0 Å². The molecule has 0 bridgehead atoms. The molecular formula is C16H30O. The molecule has 1 heteroatoms. The normalized spacial score (nSPS) is 19.1. The van der Waals surface area contributed by atoms with Gasteiger partial charge in [0.15, 0.2) is 0 Å². The summed E-state index contributed by atoms with van der Waals surface area (Å²) >= 11 is 0. The first-order chi connectivity index (χ1) is 8.14. The Balaban J connectivity index is 2.04. The van der Waals surface area contributed by atoms with Crippen molar-refractivity contribution in [2.24, 2.45) is 0 Å². The molecule has 0 aliphatic carbocycles. The molecule has 17 heavy (non-hydrogen) atoms. The molecule has 0 atom stereocenters. The first kappa shape index (κ1) is 14.8. The van der Waals surface area contributed by atoms with E-state index in [0.29, 0.717) is 0 Å². The van der Waals surface area contributed by atoms with E-state index < -0.39 is 0 Å². The third-order valence-electron chi connectivity index (χ3n) is 3.55. The van der Waals surface area contributed by atoms with Gasteiger partial charge in [0.1, 0.15) is 0 Å². The van der Waals surface area contributed by atoms with Gasteiger partial charge in [0.25, 0.3) is 0 Å². The second kappa shape index (κ2) is 7.92. The topological polar surface area (TPSA) is 9.23 Å². The maximum Gasteiger partial charge on any atom is 0.0809 e. The second-order valence-corrected chi connectivity index (χ2v) is 5.88. The fourth-order valence-electron chi connectivity index (χ4n) is 2.56. The minimum absolute atomic E-state index is 0.0191. The van der Waals surface area contributed by atoms with E-state index >= 15 is 0 Å². The number of rotatable bonds is 8. The summed E-state index contributed by atoms with van der Waals surface area (Å²) in [6.45, 7) is 7.52. The van der Waals surface area contributed by atoms with Crippen LogP contribution in [0.2, 0.25) is 0 Å². The van der Waals surface area contributed by atoms with E-state index in [1.807, 2.05) is 0 Å². The van der Waals surface area contributed by atoms with Crippen LogP contribution >= 0.6 is 0 Å². The number of hydrogen-bond donors (Lipinski definition) is 0. The summed E-state index contributed by atoms with van der Waals surface area (Å²) in [4.78, 5) is 0. The quantitative estimate of drug-likeness (QED) is 0.414. The molecule has 0 unspecified atom stereocenters. The Kier molecular flexibility index (Phi) is 6.87. The van der Waals surface area contributed by atoms with Crippen molar-refractivity contribution < 1.29 is 4.74 Å². The largest absolute Gasteiger partial charge is 0.371 e. The van der Waals surface area contributed by atoms with Gasteiger partial charge in [-0.1, -0.05) is 57.1 Å². The van der Waals surface area contributed by atoms with Gasteiger partial charge >= 0.3 is 0 Å². The highest BCUT2D eigenvalue weighted by atomic mass is 16.5. The number of unbranched alkanes of at least 4 members (excludes halogenated alkanes) is 6. The van der Waals surface area contributed by atoms with Crippen molar-refractivity contribution in [2.75, 3.05) is 6.61 Å². The molecule has 0 radical (unpaired) electrons. The summed E-state index contributed by atoms with van der Waals surface area (Å²) in [5.41, 5.74) is 1.60. The summed E-state index contributed by atoms with van der Waals surface area (Å²) in [7, 11) is 0. The minimum Gasteiger partial charge on any atom is -0.371 e. The van der Waals surface area contributed by atoms with Crippen molar-refractivity contribution >= 4 is 0 Å². The van der Waals surface area contributed by atoms with Crippen molar-refractivity contribution in [3.8, 4) is 0 Å². The van der Waals surface area contributed by atoms with Crippen LogP contribution in [0.3, 0.4) is 0 Å². The lowest BCUT2D eigenvalue weighted by Crippen LogP contribution is -2.26. The molecule has 1 heterocycles. The maximum atomic E-state index is 5.69. The summed E-state index contributed by atoms with van der Waals surface area (Å²) in [6, 6.07) is 0. The summed E-state index contributed by atoms with van der Waals surface area (Å²) in [6.07, 6.45) is 14.6. The average Bonchev–Trinajstić information content (AvgIpc) is 2.27. The van der Waals surface area contributed by atoms with Gasteiger partial charge in [-0.3, -0.25) is 0 Å². The molecule has 0 aromatic heterocycles. The Bertz CT molecular complexity index is 228. The van der Waals surface area contributed by atoms with E-state index in [1.165, 1.54) is 51.4 Å². The van der Waals surface area contributed by atoms with E-state index in [4.69, 9.17) is 4.74 Å². The molecule has 0 saturated heterocycles. The molecule has 0 N–H and O–H groups in total. The standard InChI is InChI=1S/C16H30O/c1-4-5-6-7-8-9-10-11-15-12-13-17-16(2,3)14-15/h14H,4-13H2,1-3H3. The van der Waals surface area contributed by atoms with Crippen LogP contribution in [0.5, 0.6) is 0 Å². The minimum atomic E-state index is -0.0191. The Morgan fingerprint density at radius 2 is 1.71 bits per heavy atom. The van der Waals surface area contributed by atoms with Gasteiger partial charge in [0.05, 0.1) is 12.2 Å². The van der Waals surface area contributed by atoms with E-state index in [1.54, 1.807) is 5.57 Å². The zero-order valence-corrected chi connectivity index (χ0v) is 12.1. The van der Waals surface area contributed by atoms with Crippen molar-refractivity contribution in [1.82, 2.24) is 0 Å². The summed E-state index contributed by atoms with van der Waals surface area (Å²) < 4.78 is 5.69. The fourth-order valence-corrected chi connectivity index (χ4v) is 2.56. The molecule has 0 fully saturated rings. The van der Waals surface area contributed by atoms with Crippen molar-refractivity contribution in [3.63, 3.8) is 0 Å². The highest BCUT2D eigenvalue weighted by molar-refractivity contribution is 5.12. The molecule has 0 aromatic carbocycles. The molecule has 100 valence electrons. The van der Waals surface area contributed by atoms with Crippen LogP contribution in [0.15, 0.2) is 11.6 Å². The van der Waals surface area contributed by atoms with Gasteiger partial charge in [0.2, 0.25) is 0 Å². The Morgan fingerprint density at radius 1 is 1.06 bits per heavy atom. The predicted molar refractivity (Wildman–Crippen MR) is 75.3 cm³/mol. The molecule has 1 rings (SSSR count). The smallest absolute Gasteiger partial charge is 0.0809 e. The average molecular weight is 238 g/mol. The lowest BCUT2D eigenvalue weighted by molar-refractivity contribution is 0.0106. The van der Waals surface area contributed by atoms with Gasteiger partial charge < -0.3 is 4.74 Å². The van der Waals surface area contributed by atoms with Crippen molar-refractivity contribution in [1.29, 1.82) is 0 Å². The van der Waals surface area contributed by atoms with Crippen molar-refractivity contribution in [3.05, 3.63) is 11.6 Å². The van der Waals surface area contributed by atoms with Crippen LogP contribution in [0.4, 0.5) is 0 Å². The second-order valence-electron chi connectivity index (χ2n) is 5.88. The molecule has 1 aliphatic rings. The highest BCUT2D eigenvalue weighted by Gasteiger charge is 2.20. The highest BCUT2D eigenvalue weighted by Crippen LogP contribution is 2.25. The van der Waals surface area contributed by atoms with E-state index in [9.17, 15) is 0 Å². The monoisotopic (exact) mass is 238 g/mol. The predicted octanol–water partition coefficient (Wildman–Crippen LogP) is 5.25. The maximum absolute atomic E-state index is 5.69. The van der Waals surface area contributed by atoms with Gasteiger partial charge in [-0.2, -0.15) is 0 Å². The van der Waals surface area contributed by atoms with Gasteiger partial charge in [0, 0.05) is 0 Å². The van der Waals surface area contributed by atoms with E-state index in [0.717, 1.165) is 13.0 Å². The molecule has 0 spiro atoms. The van der Waals surface area contributed by atoms with Crippen molar-refractivity contribution in [2.45, 2.75) is 84.2 Å². The first-order valence-corrected chi connectivity index (χ1v) is 7.48. The van der Waals surface area contributed by atoms with E-state index in [2.05, 4.69) is 26.8 Å². The first-order valence-electron chi connectivity index (χ1n) is 7.48. The third-order valence-corrected chi connectivity index (χ3v) is 3.55. The fraction of sp³-hybridized carbons (Fsp3) is 0.875. The zero-order valence-electron chi connectivity index (χ0n) is 12.1. The van der Waals surface area contributed by atoms with Crippen LogP contribution in [0.1, 0.15) is 78.6 Å². The van der Waals surface area contributed by atoms with Crippen LogP contribution < -0.4 is 0 Å². The van der Waals surface area contributed by atoms with Crippen LogP contribution in [0, 0.1) is 0 Å². The Morgan fingerprint density at radius 3 is 2.35 bits per heavy atom. The lowest BCUT2D eigenvalue weighted by atomic mass is 9.95. The third kappa shape index (κ3) is 6.88. The van der Waals surface area contributed by atoms with Crippen LogP contribution in [0.25, 0.3) is 0 Å². The number of hydrogen-bond acceptors (Lipinski definition) is 1. The van der Waals surface area contributed by atoms with Crippen LogP contribution in [-0.2, 0) is 4.74 Å². The summed E-state index contributed by atoms with van der Waals surface area (Å²) in [5, 5.41) is 0. The molecule has 0 aromatic rings. The molecule has 0 saturated carbocycles. The van der Waals surface area contributed by atoms with E-state index in [-0.39, 0.29) is 5.60 Å². The zero-order chi connectivity index (χ0) is 12.6. The Labute approximate surface area is 108 Å². The molecule has 1 nitrogen and oxygen atoms in total. The Hall–Kier alpha value is -0.300. The summed E-state index contributed by atoms with van der Waals surface area (Å²) in [5.74, 6) is 0. The SMILES string of the molecule is CCCCCCCCCC1=CC(C)(C)OCC1. The molecule has 0 amide bonds.